The third-order valence-corrected chi connectivity index (χ3v) is 7.80. The van der Waals surface area contributed by atoms with Gasteiger partial charge in [0.1, 0.15) is 10.6 Å². The van der Waals surface area contributed by atoms with Crippen molar-refractivity contribution in [1.29, 1.82) is 0 Å². The number of benzene rings is 3. The summed E-state index contributed by atoms with van der Waals surface area (Å²) in [6.07, 6.45) is 1.48. The highest BCUT2D eigenvalue weighted by Crippen LogP contribution is 2.35. The molecule has 3 aromatic carbocycles. The van der Waals surface area contributed by atoms with Gasteiger partial charge in [-0.3, -0.25) is 19.3 Å². The van der Waals surface area contributed by atoms with Crippen LogP contribution in [0.3, 0.4) is 0 Å². The van der Waals surface area contributed by atoms with E-state index in [9.17, 15) is 22.8 Å². The van der Waals surface area contributed by atoms with Crippen LogP contribution in [0.15, 0.2) is 76.5 Å². The third-order valence-electron chi connectivity index (χ3n) is 5.04. The van der Waals surface area contributed by atoms with Gasteiger partial charge in [0.2, 0.25) is 5.91 Å². The highest BCUT2D eigenvalue weighted by molar-refractivity contribution is 8.18. The molecule has 1 aliphatic rings. The van der Waals surface area contributed by atoms with E-state index in [0.717, 1.165) is 16.7 Å². The van der Waals surface area contributed by atoms with Gasteiger partial charge >= 0.3 is 10.1 Å². The van der Waals surface area contributed by atoms with E-state index in [1.807, 2.05) is 0 Å². The molecule has 0 radical (unpaired) electrons. The molecule has 1 aliphatic heterocycles. The molecular formula is C25H18Cl2N2O6S2. The molecule has 1 saturated heterocycles. The zero-order valence-electron chi connectivity index (χ0n) is 19.1. The lowest BCUT2D eigenvalue weighted by molar-refractivity contribution is -0.123. The Morgan fingerprint density at radius 1 is 1.05 bits per heavy atom. The van der Waals surface area contributed by atoms with E-state index >= 15 is 0 Å². The summed E-state index contributed by atoms with van der Waals surface area (Å²) in [5, 5.41) is 2.87. The molecule has 0 unspecified atom stereocenters. The Balaban J connectivity index is 1.50. The molecule has 0 atom stereocenters. The maximum absolute atomic E-state index is 12.9. The lowest BCUT2D eigenvalue weighted by atomic mass is 10.2. The Kier molecular flexibility index (Phi) is 7.93. The highest BCUT2D eigenvalue weighted by atomic mass is 35.5. The molecule has 0 saturated carbocycles. The van der Waals surface area contributed by atoms with Crippen LogP contribution in [0.25, 0.3) is 6.08 Å². The highest BCUT2D eigenvalue weighted by Gasteiger charge is 2.35. The third kappa shape index (κ3) is 6.53. The van der Waals surface area contributed by atoms with Gasteiger partial charge in [0.25, 0.3) is 11.1 Å². The van der Waals surface area contributed by atoms with Gasteiger partial charge in [-0.2, -0.15) is 8.42 Å². The maximum Gasteiger partial charge on any atom is 0.339 e. The molecule has 190 valence electrons. The molecule has 8 nitrogen and oxygen atoms in total. The fourth-order valence-electron chi connectivity index (χ4n) is 3.35. The number of thioether (sulfide) groups is 1. The van der Waals surface area contributed by atoms with Crippen molar-refractivity contribution in [1.82, 2.24) is 4.90 Å². The van der Waals surface area contributed by atoms with Crippen molar-refractivity contribution in [2.45, 2.75) is 18.4 Å². The van der Waals surface area contributed by atoms with Crippen LogP contribution in [0.4, 0.5) is 10.5 Å². The number of hydrogen-bond acceptors (Lipinski definition) is 7. The summed E-state index contributed by atoms with van der Waals surface area (Å²) in [5.41, 5.74) is 1.48. The first-order chi connectivity index (χ1) is 17.5. The number of halogens is 2. The smallest absolute Gasteiger partial charge is 0.339 e. The van der Waals surface area contributed by atoms with Gasteiger partial charge in [0.15, 0.2) is 0 Å². The number of carbonyl (C=O) groups excluding carboxylic acids is 3. The Hall–Kier alpha value is -3.31. The minimum atomic E-state index is -4.16. The summed E-state index contributed by atoms with van der Waals surface area (Å²) < 4.78 is 30.6. The second-order valence-corrected chi connectivity index (χ2v) is 11.2. The summed E-state index contributed by atoms with van der Waals surface area (Å²) in [4.78, 5) is 37.7. The second kappa shape index (κ2) is 11.0. The first kappa shape index (κ1) is 26.7. The molecule has 0 bridgehead atoms. The Morgan fingerprint density at radius 2 is 1.78 bits per heavy atom. The van der Waals surface area contributed by atoms with Crippen molar-refractivity contribution < 1.29 is 27.0 Å². The van der Waals surface area contributed by atoms with Crippen molar-refractivity contribution in [2.24, 2.45) is 0 Å². The summed E-state index contributed by atoms with van der Waals surface area (Å²) in [7, 11) is -4.16. The minimum Gasteiger partial charge on any atom is -0.379 e. The number of nitrogens with one attached hydrogen (secondary N) is 1. The fraction of sp³-hybridized carbons (Fsp3) is 0.0800. The van der Waals surface area contributed by atoms with E-state index < -0.39 is 21.3 Å². The van der Waals surface area contributed by atoms with Crippen molar-refractivity contribution in [3.05, 3.63) is 92.8 Å². The Bertz CT molecular complexity index is 1540. The van der Waals surface area contributed by atoms with Gasteiger partial charge in [-0.05, 0) is 77.5 Å². The minimum absolute atomic E-state index is 0.0138. The van der Waals surface area contributed by atoms with Crippen LogP contribution >= 0.6 is 35.0 Å². The predicted molar refractivity (Wildman–Crippen MR) is 143 cm³/mol. The zero-order chi connectivity index (χ0) is 26.7. The summed E-state index contributed by atoms with van der Waals surface area (Å²) in [6, 6.07) is 16.4. The van der Waals surface area contributed by atoms with Gasteiger partial charge in [-0.1, -0.05) is 41.4 Å². The lowest BCUT2D eigenvalue weighted by Crippen LogP contribution is -2.27. The lowest BCUT2D eigenvalue weighted by Gasteiger charge is -2.13. The fourth-order valence-corrected chi connectivity index (χ4v) is 5.58. The SMILES string of the molecule is CC(=O)Nc1ccc(S(=O)(=O)Oc2cccc(/C=C3\SC(=O)N(Cc4ccc(Cl)cc4Cl)C3=O)c2)cc1. The molecule has 3 amide bonds. The molecule has 1 fully saturated rings. The van der Waals surface area contributed by atoms with E-state index in [0.29, 0.717) is 26.9 Å². The number of rotatable bonds is 7. The summed E-state index contributed by atoms with van der Waals surface area (Å²) >= 11 is 12.9. The van der Waals surface area contributed by atoms with Gasteiger partial charge in [0, 0.05) is 22.7 Å². The number of nitrogens with zero attached hydrogens (tertiary/aromatic N) is 1. The predicted octanol–water partition coefficient (Wildman–Crippen LogP) is 5.96. The van der Waals surface area contributed by atoms with Gasteiger partial charge in [-0.15, -0.1) is 0 Å². The molecule has 3 aromatic rings. The second-order valence-electron chi connectivity index (χ2n) is 7.82. The Labute approximate surface area is 227 Å². The van der Waals surface area contributed by atoms with Crippen LogP contribution in [-0.4, -0.2) is 30.4 Å². The number of carbonyl (C=O) groups is 3. The molecule has 1 N–H and O–H groups in total. The topological polar surface area (TPSA) is 110 Å². The molecule has 0 spiro atoms. The van der Waals surface area contributed by atoms with E-state index in [2.05, 4.69) is 5.32 Å². The van der Waals surface area contributed by atoms with Crippen molar-refractivity contribution in [3.63, 3.8) is 0 Å². The van der Waals surface area contributed by atoms with Crippen molar-refractivity contribution >= 4 is 73.9 Å². The molecule has 0 aliphatic carbocycles. The van der Waals surface area contributed by atoms with Gasteiger partial charge in [0.05, 0.1) is 11.4 Å². The molecule has 1 heterocycles. The van der Waals surface area contributed by atoms with Crippen molar-refractivity contribution in [3.8, 4) is 5.75 Å². The quantitative estimate of drug-likeness (QED) is 0.273. The van der Waals surface area contributed by atoms with Crippen LogP contribution < -0.4 is 9.50 Å². The number of imide groups is 1. The number of amides is 3. The molecule has 4 rings (SSSR count). The molecular weight excluding hydrogens is 559 g/mol. The number of hydrogen-bond donors (Lipinski definition) is 1. The van der Waals surface area contributed by atoms with Gasteiger partial charge < -0.3 is 9.50 Å². The maximum atomic E-state index is 12.9. The standard InChI is InChI=1S/C25H18Cl2N2O6S2/c1-15(30)28-19-7-9-21(10-8-19)37(33,34)35-20-4-2-3-16(11-20)12-23-24(31)29(25(32)36-23)14-17-5-6-18(26)13-22(17)27/h2-13H,14H2,1H3,(H,28,30)/b23-12-. The van der Waals surface area contributed by atoms with E-state index in [4.69, 9.17) is 27.4 Å². The van der Waals surface area contributed by atoms with Crippen LogP contribution in [-0.2, 0) is 26.3 Å². The summed E-state index contributed by atoms with van der Waals surface area (Å²) in [6.45, 7) is 1.33. The Morgan fingerprint density at radius 3 is 2.46 bits per heavy atom. The average Bonchev–Trinajstić information content (AvgIpc) is 3.08. The van der Waals surface area contributed by atoms with E-state index in [1.165, 1.54) is 55.5 Å². The molecule has 37 heavy (non-hydrogen) atoms. The van der Waals surface area contributed by atoms with E-state index in [1.54, 1.807) is 24.3 Å². The largest absolute Gasteiger partial charge is 0.379 e. The monoisotopic (exact) mass is 576 g/mol. The first-order valence-corrected chi connectivity index (χ1v) is 13.6. The van der Waals surface area contributed by atoms with Crippen LogP contribution in [0.5, 0.6) is 5.75 Å². The summed E-state index contributed by atoms with van der Waals surface area (Å²) in [5.74, 6) is -0.763. The van der Waals surface area contributed by atoms with Crippen LogP contribution in [0, 0.1) is 0 Å². The molecule has 12 heteroatoms. The molecule has 0 aromatic heterocycles. The van der Waals surface area contributed by atoms with Crippen LogP contribution in [0.1, 0.15) is 18.1 Å². The van der Waals surface area contributed by atoms with Gasteiger partial charge in [-0.25, -0.2) is 0 Å². The normalized spacial score (nSPS) is 14.8. The van der Waals surface area contributed by atoms with Crippen molar-refractivity contribution in [2.75, 3.05) is 5.32 Å². The zero-order valence-corrected chi connectivity index (χ0v) is 22.2. The van der Waals surface area contributed by atoms with E-state index in [-0.39, 0.29) is 28.0 Å². The average molecular weight is 577 g/mol. The number of anilines is 1. The van der Waals surface area contributed by atoms with Crippen LogP contribution in [0.2, 0.25) is 10.0 Å². The first-order valence-electron chi connectivity index (χ1n) is 10.6.